The first-order valence-corrected chi connectivity index (χ1v) is 5.81. The molecule has 0 nitrogen and oxygen atoms in total. The van der Waals surface area contributed by atoms with E-state index in [0.29, 0.717) is 0 Å². The first-order valence-electron chi connectivity index (χ1n) is 5.81. The van der Waals surface area contributed by atoms with Crippen LogP contribution in [0.3, 0.4) is 0 Å². The third kappa shape index (κ3) is 3.53. The second-order valence-corrected chi connectivity index (χ2v) is 4.21. The largest absolute Gasteiger partial charge is 0.0651 e. The summed E-state index contributed by atoms with van der Waals surface area (Å²) in [6.45, 7) is 6.73. The van der Waals surface area contributed by atoms with Crippen molar-refractivity contribution in [1.29, 1.82) is 0 Å². The Morgan fingerprint density at radius 1 is 1.00 bits per heavy atom. The molecule has 0 saturated heterocycles. The van der Waals surface area contributed by atoms with Crippen LogP contribution in [0.2, 0.25) is 0 Å². The van der Waals surface area contributed by atoms with Gasteiger partial charge in [-0.2, -0.15) is 0 Å². The highest BCUT2D eigenvalue weighted by Crippen LogP contribution is 2.16. The molecule has 14 heavy (non-hydrogen) atoms. The van der Waals surface area contributed by atoms with Gasteiger partial charge in [0.05, 0.1) is 0 Å². The molecule has 0 aliphatic carbocycles. The zero-order chi connectivity index (χ0) is 10.4. The molecule has 0 bridgehead atoms. The van der Waals surface area contributed by atoms with E-state index in [-0.39, 0.29) is 0 Å². The maximum absolute atomic E-state index is 2.29. The minimum atomic E-state index is 0.913. The molecule has 1 aromatic rings. The molecule has 0 fully saturated rings. The van der Waals surface area contributed by atoms with Crippen molar-refractivity contribution in [3.8, 4) is 0 Å². The molecular formula is C14H22. The minimum Gasteiger partial charge on any atom is -0.0651 e. The lowest BCUT2D eigenvalue weighted by atomic mass is 9.95. The molecule has 0 heterocycles. The maximum atomic E-state index is 2.29. The second kappa shape index (κ2) is 5.85. The zero-order valence-electron chi connectivity index (χ0n) is 9.72. The smallest absolute Gasteiger partial charge is 0.0276 e. The Morgan fingerprint density at radius 2 is 1.57 bits per heavy atom. The standard InChI is InChI=1S/C14H22/c1-4-13(5-2)10-11-14-8-6-12(3)7-9-14/h6-9,13H,4-5,10-11H2,1-3H3. The molecule has 0 spiro atoms. The van der Waals surface area contributed by atoms with Crippen LogP contribution in [0.5, 0.6) is 0 Å². The second-order valence-electron chi connectivity index (χ2n) is 4.21. The molecule has 0 N–H and O–H groups in total. The van der Waals surface area contributed by atoms with Crippen LogP contribution in [0.4, 0.5) is 0 Å². The topological polar surface area (TPSA) is 0 Å². The Hall–Kier alpha value is -0.780. The van der Waals surface area contributed by atoms with Gasteiger partial charge in [0, 0.05) is 0 Å². The Labute approximate surface area is 88.4 Å². The van der Waals surface area contributed by atoms with Gasteiger partial charge in [0.25, 0.3) is 0 Å². The fraction of sp³-hybridized carbons (Fsp3) is 0.571. The van der Waals surface area contributed by atoms with Crippen molar-refractivity contribution >= 4 is 0 Å². The van der Waals surface area contributed by atoms with Crippen molar-refractivity contribution in [2.24, 2.45) is 5.92 Å². The lowest BCUT2D eigenvalue weighted by Gasteiger charge is -2.11. The molecule has 0 aliphatic rings. The van der Waals surface area contributed by atoms with Crippen molar-refractivity contribution in [3.05, 3.63) is 35.4 Å². The van der Waals surface area contributed by atoms with Gasteiger partial charge in [-0.25, -0.2) is 0 Å². The van der Waals surface area contributed by atoms with E-state index in [0.717, 1.165) is 5.92 Å². The third-order valence-electron chi connectivity index (χ3n) is 3.12. The summed E-state index contributed by atoms with van der Waals surface area (Å²) in [7, 11) is 0. The lowest BCUT2D eigenvalue weighted by Crippen LogP contribution is -1.99. The van der Waals surface area contributed by atoms with Crippen LogP contribution in [0.15, 0.2) is 24.3 Å². The number of rotatable bonds is 5. The predicted molar refractivity (Wildman–Crippen MR) is 63.6 cm³/mol. The molecule has 0 unspecified atom stereocenters. The summed E-state index contributed by atoms with van der Waals surface area (Å²) in [6.07, 6.45) is 5.23. The SMILES string of the molecule is CCC(CC)CCc1ccc(C)cc1. The highest BCUT2D eigenvalue weighted by molar-refractivity contribution is 5.21. The van der Waals surface area contributed by atoms with E-state index in [1.165, 1.54) is 36.8 Å². The van der Waals surface area contributed by atoms with Crippen molar-refractivity contribution in [2.45, 2.75) is 46.5 Å². The van der Waals surface area contributed by atoms with Crippen molar-refractivity contribution in [1.82, 2.24) is 0 Å². The fourth-order valence-electron chi connectivity index (χ4n) is 1.82. The molecule has 78 valence electrons. The monoisotopic (exact) mass is 190 g/mol. The van der Waals surface area contributed by atoms with Gasteiger partial charge in [-0.1, -0.05) is 56.5 Å². The van der Waals surface area contributed by atoms with Crippen molar-refractivity contribution < 1.29 is 0 Å². The maximum Gasteiger partial charge on any atom is -0.0276 e. The number of benzene rings is 1. The lowest BCUT2D eigenvalue weighted by molar-refractivity contribution is 0.456. The number of aryl methyl sites for hydroxylation is 2. The number of hydrogen-bond acceptors (Lipinski definition) is 0. The van der Waals surface area contributed by atoms with E-state index >= 15 is 0 Å². The van der Waals surface area contributed by atoms with Gasteiger partial charge in [-0.3, -0.25) is 0 Å². The van der Waals surface area contributed by atoms with E-state index in [9.17, 15) is 0 Å². The highest BCUT2D eigenvalue weighted by Gasteiger charge is 2.03. The Morgan fingerprint density at radius 3 is 2.07 bits per heavy atom. The van der Waals surface area contributed by atoms with Gasteiger partial charge >= 0.3 is 0 Å². The Bertz CT molecular complexity index is 241. The van der Waals surface area contributed by atoms with E-state index in [1.807, 2.05) is 0 Å². The Kier molecular flexibility index (Phi) is 4.72. The average molecular weight is 190 g/mol. The van der Waals surface area contributed by atoms with Gasteiger partial charge < -0.3 is 0 Å². The summed E-state index contributed by atoms with van der Waals surface area (Å²) in [5.74, 6) is 0.913. The highest BCUT2D eigenvalue weighted by atomic mass is 14.1. The molecule has 0 amide bonds. The molecule has 0 aromatic heterocycles. The minimum absolute atomic E-state index is 0.913. The number of hydrogen-bond donors (Lipinski definition) is 0. The molecule has 0 heteroatoms. The van der Waals surface area contributed by atoms with E-state index in [4.69, 9.17) is 0 Å². The van der Waals surface area contributed by atoms with Crippen LogP contribution < -0.4 is 0 Å². The summed E-state index contributed by atoms with van der Waals surface area (Å²) < 4.78 is 0. The van der Waals surface area contributed by atoms with Gasteiger partial charge in [-0.15, -0.1) is 0 Å². The van der Waals surface area contributed by atoms with Crippen LogP contribution in [-0.2, 0) is 6.42 Å². The molecule has 1 aromatic carbocycles. The Balaban J connectivity index is 2.41. The first kappa shape index (κ1) is 11.3. The van der Waals surface area contributed by atoms with E-state index in [2.05, 4.69) is 45.0 Å². The first-order chi connectivity index (χ1) is 6.76. The van der Waals surface area contributed by atoms with E-state index in [1.54, 1.807) is 0 Å². The summed E-state index contributed by atoms with van der Waals surface area (Å²) in [5.41, 5.74) is 2.85. The molecular weight excluding hydrogens is 168 g/mol. The molecule has 0 saturated carbocycles. The average Bonchev–Trinajstić information content (AvgIpc) is 2.22. The van der Waals surface area contributed by atoms with Gasteiger partial charge in [-0.05, 0) is 31.2 Å². The zero-order valence-corrected chi connectivity index (χ0v) is 9.72. The van der Waals surface area contributed by atoms with Gasteiger partial charge in [0.15, 0.2) is 0 Å². The summed E-state index contributed by atoms with van der Waals surface area (Å²) in [6, 6.07) is 8.94. The molecule has 0 aliphatic heterocycles. The summed E-state index contributed by atoms with van der Waals surface area (Å²) in [5, 5.41) is 0. The molecule has 1 rings (SSSR count). The van der Waals surface area contributed by atoms with Gasteiger partial charge in [0.2, 0.25) is 0 Å². The van der Waals surface area contributed by atoms with Crippen LogP contribution in [0, 0.1) is 12.8 Å². The van der Waals surface area contributed by atoms with Crippen molar-refractivity contribution in [2.75, 3.05) is 0 Å². The van der Waals surface area contributed by atoms with E-state index < -0.39 is 0 Å². The van der Waals surface area contributed by atoms with Crippen molar-refractivity contribution in [3.63, 3.8) is 0 Å². The van der Waals surface area contributed by atoms with Gasteiger partial charge in [0.1, 0.15) is 0 Å². The normalized spacial score (nSPS) is 10.9. The van der Waals surface area contributed by atoms with Crippen LogP contribution in [-0.4, -0.2) is 0 Å². The van der Waals surface area contributed by atoms with Crippen LogP contribution >= 0.6 is 0 Å². The van der Waals surface area contributed by atoms with Crippen LogP contribution in [0.25, 0.3) is 0 Å². The third-order valence-corrected chi connectivity index (χ3v) is 3.12. The quantitative estimate of drug-likeness (QED) is 0.647. The molecule has 0 radical (unpaired) electrons. The summed E-state index contributed by atoms with van der Waals surface area (Å²) in [4.78, 5) is 0. The molecule has 0 atom stereocenters. The van der Waals surface area contributed by atoms with Crippen LogP contribution in [0.1, 0.15) is 44.2 Å². The summed E-state index contributed by atoms with van der Waals surface area (Å²) >= 11 is 0. The predicted octanol–water partition coefficient (Wildman–Crippen LogP) is 4.36. The fourth-order valence-corrected chi connectivity index (χ4v) is 1.82.